The summed E-state index contributed by atoms with van der Waals surface area (Å²) in [6.45, 7) is 0. The third-order valence-electron chi connectivity index (χ3n) is 6.08. The Morgan fingerprint density at radius 3 is 2.45 bits per heavy atom. The molecule has 0 radical (unpaired) electrons. The number of hydrogen-bond donors (Lipinski definition) is 1. The molecule has 1 N–H and O–H groups in total. The molecule has 2 heterocycles. The van der Waals surface area contributed by atoms with Gasteiger partial charge >= 0.3 is 0 Å². The molecular weight excluding hydrogens is 405 g/mol. The van der Waals surface area contributed by atoms with E-state index in [2.05, 4.69) is 10.2 Å². The van der Waals surface area contributed by atoms with E-state index in [4.69, 9.17) is 23.2 Å². The third-order valence-corrected chi connectivity index (χ3v) is 6.82. The minimum atomic E-state index is -0.218. The number of halogens is 2. The summed E-state index contributed by atoms with van der Waals surface area (Å²) in [4.78, 5) is 15.5. The number of nitrogens with zero attached hydrogens (tertiary/aromatic N) is 2. The average molecular weight is 426 g/mol. The van der Waals surface area contributed by atoms with Gasteiger partial charge in [-0.25, -0.2) is 0 Å². The number of benzene rings is 2. The van der Waals surface area contributed by atoms with Crippen LogP contribution in [0.2, 0.25) is 10.0 Å². The molecule has 0 bridgehead atoms. The third kappa shape index (κ3) is 3.15. The lowest BCUT2D eigenvalue weighted by atomic mass is 9.91. The largest absolute Gasteiger partial charge is 0.323 e. The number of carbonyl (C=O) groups excluding carboxylic acids is 1. The van der Waals surface area contributed by atoms with Gasteiger partial charge in [0.2, 0.25) is 0 Å². The summed E-state index contributed by atoms with van der Waals surface area (Å²) in [5, 5.41) is 8.56. The molecule has 1 atom stereocenters. The van der Waals surface area contributed by atoms with Crippen LogP contribution in [0.4, 0.5) is 0 Å². The van der Waals surface area contributed by atoms with Gasteiger partial charge in [-0.05, 0) is 30.5 Å². The normalized spacial score (nSPS) is 19.6. The lowest BCUT2D eigenvalue weighted by Crippen LogP contribution is -2.40. The molecule has 1 aromatic heterocycles. The molecule has 4 nitrogen and oxygen atoms in total. The van der Waals surface area contributed by atoms with E-state index >= 15 is 0 Å². The smallest absolute Gasteiger partial charge is 0.273 e. The first-order chi connectivity index (χ1) is 14.1. The van der Waals surface area contributed by atoms with Crippen molar-refractivity contribution in [3.8, 4) is 11.3 Å². The Kier molecular flexibility index (Phi) is 4.84. The molecule has 1 saturated carbocycles. The molecule has 148 valence electrons. The maximum Gasteiger partial charge on any atom is 0.273 e. The first-order valence-electron chi connectivity index (χ1n) is 10.1. The second-order valence-corrected chi connectivity index (χ2v) is 8.62. The van der Waals surface area contributed by atoms with Crippen molar-refractivity contribution in [1.82, 2.24) is 15.1 Å². The Bertz CT molecular complexity index is 1060. The molecule has 1 fully saturated rings. The Labute approximate surface area is 179 Å². The molecule has 2 aromatic carbocycles. The van der Waals surface area contributed by atoms with Crippen LogP contribution in [0, 0.1) is 0 Å². The summed E-state index contributed by atoms with van der Waals surface area (Å²) in [6, 6.07) is 15.7. The monoisotopic (exact) mass is 425 g/mol. The molecule has 3 aromatic rings. The summed E-state index contributed by atoms with van der Waals surface area (Å²) in [7, 11) is 0. The number of amides is 1. The number of aromatic amines is 1. The van der Waals surface area contributed by atoms with Crippen molar-refractivity contribution in [3.05, 3.63) is 75.4 Å². The van der Waals surface area contributed by atoms with Crippen molar-refractivity contribution in [2.75, 3.05) is 0 Å². The highest BCUT2D eigenvalue weighted by Gasteiger charge is 2.45. The van der Waals surface area contributed by atoms with Crippen molar-refractivity contribution in [1.29, 1.82) is 0 Å². The number of carbonyl (C=O) groups is 1. The zero-order valence-corrected chi connectivity index (χ0v) is 17.4. The zero-order chi connectivity index (χ0) is 20.0. The fourth-order valence-corrected chi connectivity index (χ4v) is 5.03. The predicted molar refractivity (Wildman–Crippen MR) is 115 cm³/mol. The highest BCUT2D eigenvalue weighted by Crippen LogP contribution is 2.46. The molecule has 29 heavy (non-hydrogen) atoms. The highest BCUT2D eigenvalue weighted by atomic mass is 35.5. The van der Waals surface area contributed by atoms with E-state index in [1.807, 2.05) is 53.4 Å². The lowest BCUT2D eigenvalue weighted by Gasteiger charge is -2.36. The predicted octanol–water partition coefficient (Wildman–Crippen LogP) is 6.26. The van der Waals surface area contributed by atoms with Gasteiger partial charge in [0, 0.05) is 17.2 Å². The fourth-order valence-electron chi connectivity index (χ4n) is 4.73. The summed E-state index contributed by atoms with van der Waals surface area (Å²) in [5.74, 6) is 0.0256. The van der Waals surface area contributed by atoms with E-state index in [-0.39, 0.29) is 18.0 Å². The first-order valence-corrected chi connectivity index (χ1v) is 10.8. The van der Waals surface area contributed by atoms with E-state index in [1.54, 1.807) is 0 Å². The Morgan fingerprint density at radius 2 is 1.72 bits per heavy atom. The molecule has 1 aliphatic heterocycles. The topological polar surface area (TPSA) is 49.0 Å². The van der Waals surface area contributed by atoms with Crippen LogP contribution in [0.3, 0.4) is 0 Å². The first kappa shape index (κ1) is 18.7. The van der Waals surface area contributed by atoms with Gasteiger partial charge in [-0.15, -0.1) is 0 Å². The van der Waals surface area contributed by atoms with Crippen LogP contribution in [0.25, 0.3) is 11.3 Å². The van der Waals surface area contributed by atoms with E-state index in [1.165, 1.54) is 6.42 Å². The van der Waals surface area contributed by atoms with E-state index < -0.39 is 0 Å². The number of fused-ring (bicyclic) bond motifs is 1. The highest BCUT2D eigenvalue weighted by molar-refractivity contribution is 6.42. The van der Waals surface area contributed by atoms with Crippen LogP contribution in [0.15, 0.2) is 48.5 Å². The number of hydrogen-bond acceptors (Lipinski definition) is 2. The number of H-pyrrole nitrogens is 1. The minimum Gasteiger partial charge on any atom is -0.323 e. The van der Waals surface area contributed by atoms with Crippen LogP contribution < -0.4 is 0 Å². The molecular formula is C23H21Cl2N3O. The van der Waals surface area contributed by atoms with Gasteiger partial charge in [0.15, 0.2) is 0 Å². The minimum absolute atomic E-state index is 0.0256. The Balaban J connectivity index is 1.68. The van der Waals surface area contributed by atoms with Crippen LogP contribution >= 0.6 is 23.2 Å². The zero-order valence-electron chi connectivity index (χ0n) is 15.9. The Hall–Kier alpha value is -2.30. The van der Waals surface area contributed by atoms with Gasteiger partial charge in [0.1, 0.15) is 5.69 Å². The van der Waals surface area contributed by atoms with E-state index in [0.29, 0.717) is 15.7 Å². The molecule has 1 unspecified atom stereocenters. The quantitative estimate of drug-likeness (QED) is 0.537. The van der Waals surface area contributed by atoms with Gasteiger partial charge in [-0.3, -0.25) is 9.89 Å². The van der Waals surface area contributed by atoms with Gasteiger partial charge in [-0.1, -0.05) is 78.9 Å². The van der Waals surface area contributed by atoms with Crippen LogP contribution in [0.1, 0.15) is 59.8 Å². The van der Waals surface area contributed by atoms with Crippen LogP contribution in [-0.2, 0) is 0 Å². The molecule has 1 amide bonds. The number of aromatic nitrogens is 2. The number of rotatable bonds is 3. The number of nitrogens with one attached hydrogen (secondary N) is 1. The van der Waals surface area contributed by atoms with Crippen molar-refractivity contribution in [2.24, 2.45) is 0 Å². The SMILES string of the molecule is O=C1c2[nH]nc(-c3ccccc3)c2C(c2ccc(Cl)c(Cl)c2)N1C1CCCCC1. The molecule has 2 aliphatic rings. The van der Waals surface area contributed by atoms with E-state index in [9.17, 15) is 4.79 Å². The van der Waals surface area contributed by atoms with Gasteiger partial charge in [-0.2, -0.15) is 5.10 Å². The molecule has 0 saturated heterocycles. The van der Waals surface area contributed by atoms with Gasteiger partial charge in [0.05, 0.1) is 21.8 Å². The van der Waals surface area contributed by atoms with Crippen molar-refractivity contribution < 1.29 is 4.79 Å². The van der Waals surface area contributed by atoms with Crippen molar-refractivity contribution in [2.45, 2.75) is 44.2 Å². The van der Waals surface area contributed by atoms with Crippen LogP contribution in [-0.4, -0.2) is 27.0 Å². The van der Waals surface area contributed by atoms with Gasteiger partial charge in [0.25, 0.3) is 5.91 Å². The standard InChI is InChI=1S/C23H21Cl2N3O/c24-17-12-11-15(13-18(17)25)22-19-20(14-7-3-1-4-8-14)26-27-21(19)23(29)28(22)16-9-5-2-6-10-16/h1,3-4,7-8,11-13,16,22H,2,5-6,9-10H2,(H,26,27). The molecule has 6 heteroatoms. The summed E-state index contributed by atoms with van der Waals surface area (Å²) >= 11 is 12.5. The van der Waals surface area contributed by atoms with Crippen molar-refractivity contribution in [3.63, 3.8) is 0 Å². The molecule has 0 spiro atoms. The fraction of sp³-hybridized carbons (Fsp3) is 0.304. The van der Waals surface area contributed by atoms with Crippen LogP contribution in [0.5, 0.6) is 0 Å². The van der Waals surface area contributed by atoms with Crippen molar-refractivity contribution >= 4 is 29.1 Å². The second-order valence-electron chi connectivity index (χ2n) is 7.81. The van der Waals surface area contributed by atoms with E-state index in [0.717, 1.165) is 48.1 Å². The summed E-state index contributed by atoms with van der Waals surface area (Å²) in [6.07, 6.45) is 5.60. The Morgan fingerprint density at radius 1 is 0.966 bits per heavy atom. The second kappa shape index (κ2) is 7.51. The average Bonchev–Trinajstić information content (AvgIpc) is 3.30. The molecule has 5 rings (SSSR count). The maximum atomic E-state index is 13.5. The summed E-state index contributed by atoms with van der Waals surface area (Å²) < 4.78 is 0. The van der Waals surface area contributed by atoms with Gasteiger partial charge < -0.3 is 4.90 Å². The summed E-state index contributed by atoms with van der Waals surface area (Å²) in [5.41, 5.74) is 4.31. The maximum absolute atomic E-state index is 13.5. The molecule has 1 aliphatic carbocycles. The lowest BCUT2D eigenvalue weighted by molar-refractivity contribution is 0.0606.